The fourth-order valence-electron chi connectivity index (χ4n) is 6.62. The molecule has 0 aromatic carbocycles. The van der Waals surface area contributed by atoms with Crippen LogP contribution in [0, 0.1) is 0 Å². The zero-order chi connectivity index (χ0) is 44.2. The summed E-state index contributed by atoms with van der Waals surface area (Å²) in [5.41, 5.74) is 0. The summed E-state index contributed by atoms with van der Waals surface area (Å²) in [6.07, 6.45) is 53.5. The number of aliphatic carboxylic acids is 1. The maximum atomic E-state index is 12.8. The molecule has 2 atom stereocenters. The van der Waals surface area contributed by atoms with Crippen LogP contribution in [-0.4, -0.2) is 75.5 Å². The second-order valence-electron chi connectivity index (χ2n) is 17.0. The second kappa shape index (κ2) is 42.5. The number of carbonyl (C=O) groups excluding carboxylic acids is 3. The van der Waals surface area contributed by atoms with Gasteiger partial charge >= 0.3 is 11.9 Å². The Bertz CT molecular complexity index is 1210. The van der Waals surface area contributed by atoms with Crippen molar-refractivity contribution in [1.82, 2.24) is 0 Å². The number of nitrogens with zero attached hydrogens (tertiary/aromatic N) is 1. The van der Waals surface area contributed by atoms with Gasteiger partial charge in [0.1, 0.15) is 12.6 Å². The number of carbonyl (C=O) groups is 3. The van der Waals surface area contributed by atoms with Gasteiger partial charge in [0.2, 0.25) is 0 Å². The van der Waals surface area contributed by atoms with Crippen molar-refractivity contribution in [3.05, 3.63) is 72.9 Å². The van der Waals surface area contributed by atoms with E-state index < -0.39 is 18.1 Å². The summed E-state index contributed by atoms with van der Waals surface area (Å²) < 4.78 is 17.2. The Labute approximate surface area is 368 Å². The second-order valence-corrected chi connectivity index (χ2v) is 17.0. The molecule has 8 heteroatoms. The Balaban J connectivity index is 4.34. The van der Waals surface area contributed by atoms with E-state index in [1.807, 2.05) is 0 Å². The van der Waals surface area contributed by atoms with Gasteiger partial charge in [-0.25, -0.2) is 0 Å². The topological polar surface area (TPSA) is 102 Å². The van der Waals surface area contributed by atoms with Crippen LogP contribution in [0.3, 0.4) is 0 Å². The van der Waals surface area contributed by atoms with Crippen LogP contribution in [0.5, 0.6) is 0 Å². The molecule has 60 heavy (non-hydrogen) atoms. The van der Waals surface area contributed by atoms with Crippen molar-refractivity contribution in [2.45, 2.75) is 199 Å². The Morgan fingerprint density at radius 2 is 0.933 bits per heavy atom. The van der Waals surface area contributed by atoms with Crippen molar-refractivity contribution in [3.8, 4) is 0 Å². The van der Waals surface area contributed by atoms with Crippen molar-refractivity contribution in [1.29, 1.82) is 0 Å². The van der Waals surface area contributed by atoms with Gasteiger partial charge in [0.15, 0.2) is 6.10 Å². The average molecular weight is 840 g/mol. The van der Waals surface area contributed by atoms with Crippen LogP contribution in [0.15, 0.2) is 72.9 Å². The maximum absolute atomic E-state index is 12.8. The van der Waals surface area contributed by atoms with E-state index in [0.29, 0.717) is 12.8 Å². The lowest BCUT2D eigenvalue weighted by molar-refractivity contribution is -0.889. The molecule has 0 aliphatic rings. The van der Waals surface area contributed by atoms with E-state index in [1.54, 1.807) is 21.1 Å². The molecule has 0 bridgehead atoms. The molecule has 0 saturated heterocycles. The SMILES string of the molecule is CC/C=C/C/C=C/C/C=C/C/C=C/CCCCCCCCC(=O)OCC(COCCC(C(=O)[O-])[N+](C)(C)C)OC(=O)CCCCCCCCC/C=C/C/C=C/CCCCC. The lowest BCUT2D eigenvalue weighted by Crippen LogP contribution is -2.55. The van der Waals surface area contributed by atoms with Crippen molar-refractivity contribution >= 4 is 17.9 Å². The number of quaternary nitrogens is 1. The fraction of sp³-hybridized carbons (Fsp3) is 0.712. The number of carboxylic acids is 1. The van der Waals surface area contributed by atoms with E-state index in [9.17, 15) is 19.5 Å². The average Bonchev–Trinajstić information content (AvgIpc) is 3.21. The van der Waals surface area contributed by atoms with Crippen molar-refractivity contribution in [2.75, 3.05) is 41.0 Å². The van der Waals surface area contributed by atoms with Crippen LogP contribution >= 0.6 is 0 Å². The highest BCUT2D eigenvalue weighted by Crippen LogP contribution is 2.14. The molecule has 0 aliphatic heterocycles. The van der Waals surface area contributed by atoms with Gasteiger partial charge < -0.3 is 28.6 Å². The molecular formula is C52H89NO7. The molecule has 0 saturated carbocycles. The number of carboxylic acid groups (broad SMARTS) is 1. The van der Waals surface area contributed by atoms with E-state index >= 15 is 0 Å². The highest BCUT2D eigenvalue weighted by atomic mass is 16.6. The Morgan fingerprint density at radius 3 is 1.38 bits per heavy atom. The predicted octanol–water partition coefficient (Wildman–Crippen LogP) is 12.2. The molecule has 0 fully saturated rings. The molecule has 0 N–H and O–H groups in total. The molecular weight excluding hydrogens is 751 g/mol. The van der Waals surface area contributed by atoms with Gasteiger partial charge in [-0.05, 0) is 83.5 Å². The third-order valence-electron chi connectivity index (χ3n) is 10.3. The Hall–Kier alpha value is -3.23. The van der Waals surface area contributed by atoms with Gasteiger partial charge in [-0.1, -0.05) is 157 Å². The first kappa shape index (κ1) is 56.8. The molecule has 0 heterocycles. The molecule has 0 radical (unpaired) electrons. The van der Waals surface area contributed by atoms with Gasteiger partial charge in [0, 0.05) is 19.3 Å². The summed E-state index contributed by atoms with van der Waals surface area (Å²) in [6, 6.07) is -0.733. The molecule has 0 aromatic rings. The van der Waals surface area contributed by atoms with Crippen molar-refractivity contribution in [2.24, 2.45) is 0 Å². The first-order valence-electron chi connectivity index (χ1n) is 24.0. The van der Waals surface area contributed by atoms with Crippen LogP contribution in [0.25, 0.3) is 0 Å². The molecule has 2 unspecified atom stereocenters. The van der Waals surface area contributed by atoms with Crippen LogP contribution in [-0.2, 0) is 28.6 Å². The lowest BCUT2D eigenvalue weighted by Gasteiger charge is -2.34. The highest BCUT2D eigenvalue weighted by Gasteiger charge is 2.25. The monoisotopic (exact) mass is 840 g/mol. The predicted molar refractivity (Wildman–Crippen MR) is 249 cm³/mol. The fourth-order valence-corrected chi connectivity index (χ4v) is 6.62. The van der Waals surface area contributed by atoms with Gasteiger partial charge in [-0.2, -0.15) is 0 Å². The van der Waals surface area contributed by atoms with E-state index in [1.165, 1.54) is 64.2 Å². The van der Waals surface area contributed by atoms with E-state index in [-0.39, 0.29) is 42.7 Å². The Morgan fingerprint density at radius 1 is 0.517 bits per heavy atom. The van der Waals surface area contributed by atoms with Gasteiger partial charge in [-0.3, -0.25) is 9.59 Å². The van der Waals surface area contributed by atoms with Crippen LogP contribution in [0.1, 0.15) is 187 Å². The van der Waals surface area contributed by atoms with Crippen LogP contribution in [0.2, 0.25) is 0 Å². The quantitative estimate of drug-likeness (QED) is 0.0261. The lowest BCUT2D eigenvalue weighted by atomic mass is 10.1. The zero-order valence-electron chi connectivity index (χ0n) is 39.1. The summed E-state index contributed by atoms with van der Waals surface area (Å²) in [5.74, 6) is -1.77. The van der Waals surface area contributed by atoms with Gasteiger partial charge in [-0.15, -0.1) is 0 Å². The zero-order valence-corrected chi connectivity index (χ0v) is 39.1. The standard InChI is InChI=1S/C52H89NO7/c1-6-8-10-12-14-16-18-20-22-24-25-27-28-30-32-34-36-38-40-42-50(54)59-47-48(46-58-45-44-49(52(56)57)53(3,4)5)60-51(55)43-41-39-37-35-33-31-29-26-23-21-19-17-15-13-11-9-7-2/h8,10,14-17,20-23,25,27,48-49H,6-7,9,11-13,18-19,24,26,28-47H2,1-5H3/b10-8+,16-14+,17-15+,22-20+,23-21+,27-25+. The first-order valence-corrected chi connectivity index (χ1v) is 24.0. The minimum Gasteiger partial charge on any atom is -0.544 e. The Kier molecular flexibility index (Phi) is 40.2. The number of unbranched alkanes of at least 4 members (excludes halogenated alkanes) is 16. The largest absolute Gasteiger partial charge is 0.544 e. The highest BCUT2D eigenvalue weighted by molar-refractivity contribution is 5.70. The van der Waals surface area contributed by atoms with Crippen LogP contribution < -0.4 is 5.11 Å². The minimum absolute atomic E-state index is 0.0295. The molecule has 344 valence electrons. The first-order chi connectivity index (χ1) is 29.1. The number of allylic oxidation sites excluding steroid dienone is 12. The summed E-state index contributed by atoms with van der Waals surface area (Å²) in [4.78, 5) is 37.0. The van der Waals surface area contributed by atoms with E-state index in [0.717, 1.165) is 89.9 Å². The molecule has 0 amide bonds. The number of hydrogen-bond acceptors (Lipinski definition) is 7. The van der Waals surface area contributed by atoms with Gasteiger partial charge in [0.05, 0.1) is 40.3 Å². The summed E-state index contributed by atoms with van der Waals surface area (Å²) in [5, 5.41) is 11.6. The van der Waals surface area contributed by atoms with E-state index in [4.69, 9.17) is 14.2 Å². The molecule has 0 aromatic heterocycles. The minimum atomic E-state index is -1.13. The summed E-state index contributed by atoms with van der Waals surface area (Å²) >= 11 is 0. The number of rotatable bonds is 42. The summed E-state index contributed by atoms with van der Waals surface area (Å²) in [7, 11) is 5.40. The third-order valence-corrected chi connectivity index (χ3v) is 10.3. The third kappa shape index (κ3) is 40.2. The van der Waals surface area contributed by atoms with Crippen molar-refractivity contribution in [3.63, 3.8) is 0 Å². The smallest absolute Gasteiger partial charge is 0.306 e. The number of likely N-dealkylation sites (N-methyl/N-ethyl adjacent to an activating group) is 1. The molecule has 8 nitrogen and oxygen atoms in total. The summed E-state index contributed by atoms with van der Waals surface area (Å²) in [6.45, 7) is 4.50. The number of hydrogen-bond donors (Lipinski definition) is 0. The van der Waals surface area contributed by atoms with Gasteiger partial charge in [0.25, 0.3) is 0 Å². The van der Waals surface area contributed by atoms with Crippen molar-refractivity contribution < 1.29 is 38.2 Å². The number of esters is 2. The van der Waals surface area contributed by atoms with Crippen LogP contribution in [0.4, 0.5) is 0 Å². The molecule has 0 rings (SSSR count). The number of ether oxygens (including phenoxy) is 3. The van der Waals surface area contributed by atoms with E-state index in [2.05, 4.69) is 86.8 Å². The normalized spacial score (nSPS) is 13.6. The molecule has 0 spiro atoms. The maximum Gasteiger partial charge on any atom is 0.306 e. The molecule has 0 aliphatic carbocycles.